The van der Waals surface area contributed by atoms with Crippen LogP contribution in [0.5, 0.6) is 5.75 Å². The Labute approximate surface area is 170 Å². The minimum Gasteiger partial charge on any atom is -0.496 e. The Bertz CT molecular complexity index is 961. The second-order valence-electron chi connectivity index (χ2n) is 5.79. The lowest BCUT2D eigenvalue weighted by atomic mass is 10.1. The Hall–Kier alpha value is -3.99. The van der Waals surface area contributed by atoms with E-state index in [1.165, 1.54) is 25.3 Å². The molecule has 0 aromatic heterocycles. The van der Waals surface area contributed by atoms with Gasteiger partial charge in [0, 0.05) is 24.4 Å². The Morgan fingerprint density at radius 3 is 2.53 bits per heavy atom. The van der Waals surface area contributed by atoms with Crippen molar-refractivity contribution in [2.75, 3.05) is 32.2 Å². The van der Waals surface area contributed by atoms with Crippen LogP contribution in [-0.4, -0.2) is 54.7 Å². The van der Waals surface area contributed by atoms with E-state index in [9.17, 15) is 24.5 Å². The molecule has 0 saturated heterocycles. The quantitative estimate of drug-likeness (QED) is 0.309. The number of methoxy groups -OCH3 is 1. The van der Waals surface area contributed by atoms with Crippen LogP contribution in [0.2, 0.25) is 0 Å². The number of anilines is 1. The lowest BCUT2D eigenvalue weighted by Crippen LogP contribution is -2.34. The van der Waals surface area contributed by atoms with Crippen molar-refractivity contribution in [2.45, 2.75) is 0 Å². The van der Waals surface area contributed by atoms with Crippen LogP contribution in [0.3, 0.4) is 0 Å². The van der Waals surface area contributed by atoms with E-state index in [4.69, 9.17) is 14.6 Å². The van der Waals surface area contributed by atoms with E-state index in [1.54, 1.807) is 18.2 Å². The van der Waals surface area contributed by atoms with Crippen molar-refractivity contribution >= 4 is 29.2 Å². The van der Waals surface area contributed by atoms with Crippen molar-refractivity contribution in [3.63, 3.8) is 0 Å². The lowest BCUT2D eigenvalue weighted by molar-refractivity contribution is -0.384. The van der Waals surface area contributed by atoms with Gasteiger partial charge in [-0.3, -0.25) is 25.0 Å². The van der Waals surface area contributed by atoms with E-state index in [-0.39, 0.29) is 41.4 Å². The molecule has 30 heavy (non-hydrogen) atoms. The van der Waals surface area contributed by atoms with Gasteiger partial charge in [-0.05, 0) is 18.2 Å². The average Bonchev–Trinajstić information content (AvgIpc) is 2.75. The van der Waals surface area contributed by atoms with Gasteiger partial charge in [-0.2, -0.15) is 0 Å². The molecule has 0 atom stereocenters. The van der Waals surface area contributed by atoms with Crippen LogP contribution in [0.4, 0.5) is 11.4 Å². The Morgan fingerprint density at radius 1 is 1.13 bits per heavy atom. The molecule has 0 aliphatic rings. The average molecular weight is 417 g/mol. The molecule has 2 amide bonds. The molecular formula is C19H19N3O8. The van der Waals surface area contributed by atoms with Crippen LogP contribution in [0.25, 0.3) is 0 Å². The zero-order valence-corrected chi connectivity index (χ0v) is 15.9. The summed E-state index contributed by atoms with van der Waals surface area (Å²) in [6.45, 7) is -0.938. The fourth-order valence-corrected chi connectivity index (χ4v) is 2.43. The third-order valence-corrected chi connectivity index (χ3v) is 3.80. The first kappa shape index (κ1) is 22.3. The number of esters is 1. The monoisotopic (exact) mass is 417 g/mol. The van der Waals surface area contributed by atoms with Gasteiger partial charge < -0.3 is 19.9 Å². The summed E-state index contributed by atoms with van der Waals surface area (Å²) < 4.78 is 9.92. The molecule has 0 bridgehead atoms. The highest BCUT2D eigenvalue weighted by Crippen LogP contribution is 2.23. The van der Waals surface area contributed by atoms with Crippen LogP contribution in [0.15, 0.2) is 42.5 Å². The number of ether oxygens (including phenoxy) is 2. The van der Waals surface area contributed by atoms with Crippen LogP contribution in [-0.2, 0) is 9.53 Å². The van der Waals surface area contributed by atoms with E-state index in [2.05, 4.69) is 10.6 Å². The van der Waals surface area contributed by atoms with Gasteiger partial charge in [-0.15, -0.1) is 0 Å². The molecule has 0 radical (unpaired) electrons. The highest BCUT2D eigenvalue weighted by molar-refractivity contribution is 6.07. The zero-order valence-electron chi connectivity index (χ0n) is 15.9. The first-order valence-corrected chi connectivity index (χ1v) is 8.65. The number of hydrogen-bond acceptors (Lipinski definition) is 9. The van der Waals surface area contributed by atoms with Crippen molar-refractivity contribution in [3.8, 4) is 5.75 Å². The highest BCUT2D eigenvalue weighted by Gasteiger charge is 2.20. The Morgan fingerprint density at radius 2 is 1.87 bits per heavy atom. The number of carbonyl (C=O) groups is 3. The number of para-hydroxylation sites is 1. The van der Waals surface area contributed by atoms with Gasteiger partial charge in [0.1, 0.15) is 5.75 Å². The molecule has 0 unspecified atom stereocenters. The first-order valence-electron chi connectivity index (χ1n) is 8.65. The number of nitrogens with one attached hydrogen (secondary N) is 2. The molecule has 3 N–H and O–H groups in total. The molecular weight excluding hydrogens is 398 g/mol. The Balaban J connectivity index is 2.05. The molecule has 2 aromatic rings. The predicted molar refractivity (Wildman–Crippen MR) is 104 cm³/mol. The molecule has 0 aliphatic heterocycles. The number of benzene rings is 2. The second-order valence-corrected chi connectivity index (χ2v) is 5.79. The van der Waals surface area contributed by atoms with Crippen LogP contribution in [0, 0.1) is 10.1 Å². The molecule has 2 rings (SSSR count). The van der Waals surface area contributed by atoms with Gasteiger partial charge in [0.15, 0.2) is 6.61 Å². The minimum atomic E-state index is -1.01. The van der Waals surface area contributed by atoms with E-state index in [1.807, 2.05) is 0 Å². The number of carbonyl (C=O) groups excluding carboxylic acids is 3. The number of nitrogens with zero attached hydrogens (tertiary/aromatic N) is 1. The second kappa shape index (κ2) is 10.5. The number of aliphatic hydroxyl groups excluding tert-OH is 1. The third kappa shape index (κ3) is 5.75. The standard InChI is InChI=1S/C19H19N3O8/c1-29-16-5-3-2-4-13(16)18(25)21-17(24)11-30-19(26)14-10-12(22(27)28)6-7-15(14)20-8-9-23/h2-7,10,20,23H,8-9,11H2,1H3,(H,21,24,25). The lowest BCUT2D eigenvalue weighted by Gasteiger charge is -2.11. The molecule has 158 valence electrons. The normalized spacial score (nSPS) is 10.1. The van der Waals surface area contributed by atoms with E-state index in [0.717, 1.165) is 6.07 Å². The smallest absolute Gasteiger partial charge is 0.341 e. The summed E-state index contributed by atoms with van der Waals surface area (Å²) in [5.74, 6) is -2.39. The van der Waals surface area contributed by atoms with Gasteiger partial charge >= 0.3 is 5.97 Å². The van der Waals surface area contributed by atoms with Crippen LogP contribution >= 0.6 is 0 Å². The number of nitro benzene ring substituents is 1. The van der Waals surface area contributed by atoms with Crippen molar-refractivity contribution in [1.82, 2.24) is 5.32 Å². The maximum Gasteiger partial charge on any atom is 0.341 e. The first-order chi connectivity index (χ1) is 14.4. The topological polar surface area (TPSA) is 157 Å². The maximum absolute atomic E-state index is 12.3. The van der Waals surface area contributed by atoms with Gasteiger partial charge in [-0.25, -0.2) is 4.79 Å². The summed E-state index contributed by atoms with van der Waals surface area (Å²) in [6, 6.07) is 9.69. The largest absolute Gasteiger partial charge is 0.496 e. The number of nitro groups is 1. The van der Waals surface area contributed by atoms with Crippen molar-refractivity contribution < 1.29 is 33.9 Å². The molecule has 11 heteroatoms. The van der Waals surface area contributed by atoms with Crippen molar-refractivity contribution in [3.05, 3.63) is 63.7 Å². The van der Waals surface area contributed by atoms with E-state index in [0.29, 0.717) is 0 Å². The number of non-ortho nitro benzene ring substituents is 1. The third-order valence-electron chi connectivity index (χ3n) is 3.80. The van der Waals surface area contributed by atoms with Crippen LogP contribution in [0.1, 0.15) is 20.7 Å². The van der Waals surface area contributed by atoms with Gasteiger partial charge in [0.05, 0.1) is 29.8 Å². The summed E-state index contributed by atoms with van der Waals surface area (Å²) in [6.07, 6.45) is 0. The number of rotatable bonds is 9. The fourth-order valence-electron chi connectivity index (χ4n) is 2.43. The SMILES string of the molecule is COc1ccccc1C(=O)NC(=O)COC(=O)c1cc([N+](=O)[O-])ccc1NCCO. The molecule has 0 spiro atoms. The summed E-state index contributed by atoms with van der Waals surface area (Å²) in [4.78, 5) is 46.8. The number of imide groups is 1. The summed E-state index contributed by atoms with van der Waals surface area (Å²) >= 11 is 0. The highest BCUT2D eigenvalue weighted by atomic mass is 16.6. The molecule has 0 fully saturated rings. The predicted octanol–water partition coefficient (Wildman–Crippen LogP) is 1.12. The summed E-state index contributed by atoms with van der Waals surface area (Å²) in [7, 11) is 1.37. The van der Waals surface area contributed by atoms with Crippen molar-refractivity contribution in [1.29, 1.82) is 0 Å². The Kier molecular flexibility index (Phi) is 7.82. The van der Waals surface area contributed by atoms with Crippen LogP contribution < -0.4 is 15.4 Å². The molecule has 0 saturated carbocycles. The number of hydrogen-bond donors (Lipinski definition) is 3. The van der Waals surface area contributed by atoms with Crippen molar-refractivity contribution in [2.24, 2.45) is 0 Å². The minimum absolute atomic E-state index is 0.0893. The fraction of sp³-hybridized carbons (Fsp3) is 0.211. The molecule has 11 nitrogen and oxygen atoms in total. The van der Waals surface area contributed by atoms with Gasteiger partial charge in [0.2, 0.25) is 0 Å². The van der Waals surface area contributed by atoms with E-state index >= 15 is 0 Å². The molecule has 0 heterocycles. The van der Waals surface area contributed by atoms with Gasteiger partial charge in [0.25, 0.3) is 17.5 Å². The molecule has 2 aromatic carbocycles. The number of aliphatic hydroxyl groups is 1. The molecule has 0 aliphatic carbocycles. The van der Waals surface area contributed by atoms with E-state index < -0.39 is 29.3 Å². The summed E-state index contributed by atoms with van der Waals surface area (Å²) in [5.41, 5.74) is -0.243. The summed E-state index contributed by atoms with van der Waals surface area (Å²) in [5, 5.41) is 24.7. The number of amides is 2. The van der Waals surface area contributed by atoms with Gasteiger partial charge in [-0.1, -0.05) is 12.1 Å². The zero-order chi connectivity index (χ0) is 22.1. The maximum atomic E-state index is 12.3.